The van der Waals surface area contributed by atoms with Crippen LogP contribution >= 0.6 is 0 Å². The zero-order valence-electron chi connectivity index (χ0n) is 80.6. The Balaban J connectivity index is 1.16. The van der Waals surface area contributed by atoms with Gasteiger partial charge in [-0.25, -0.2) is 0 Å². The molecule has 0 saturated heterocycles. The highest BCUT2D eigenvalue weighted by Crippen LogP contribution is 2.37. The van der Waals surface area contributed by atoms with Crippen molar-refractivity contribution < 1.29 is 143 Å². The molecule has 5 saturated carbocycles. The average Bonchev–Trinajstić information content (AvgIpc) is 1.53. The Morgan fingerprint density at radius 2 is 0.395 bits per heavy atom. The Kier molecular flexibility index (Phi) is 46.5. The van der Waals surface area contributed by atoms with Gasteiger partial charge in [-0.3, -0.25) is 86.3 Å². The predicted octanol–water partition coefficient (Wildman–Crippen LogP) is 16.4. The fourth-order valence-electron chi connectivity index (χ4n) is 17.9. The van der Waals surface area contributed by atoms with Crippen LogP contribution in [0.3, 0.4) is 0 Å². The largest absolute Gasteiger partial charge is 0.462 e. The molecule has 0 N–H and O–H groups in total. The van der Waals surface area contributed by atoms with Gasteiger partial charge in [0.1, 0.15) is 143 Å². The van der Waals surface area contributed by atoms with Crippen LogP contribution in [-0.2, 0) is 143 Å². The van der Waals surface area contributed by atoms with Crippen molar-refractivity contribution in [2.24, 2.45) is 57.2 Å². The van der Waals surface area contributed by atoms with Crippen LogP contribution in [0.1, 0.15) is 388 Å². The highest BCUT2D eigenvalue weighted by atomic mass is 16.6. The highest BCUT2D eigenvalue weighted by Gasteiger charge is 2.45. The normalized spacial score (nSPS) is 24.5. The number of ketones is 6. The maximum atomic E-state index is 14.3. The van der Waals surface area contributed by atoms with Gasteiger partial charge in [0.05, 0.1) is 0 Å². The number of carbonyl (C=O) groups excluding carboxylic acids is 18. The van der Waals surface area contributed by atoms with Gasteiger partial charge in [-0.05, 0) is 256 Å². The van der Waals surface area contributed by atoms with E-state index in [1.165, 1.54) is 34.6 Å². The SMILES string of the molecule is CC(=O)C(CCC(=O)OC1CCCCCC(OC(=O)CCC(C)(C)C)CC1)C(=O)OC1CCCC(OC(=O)C(C(C)=O)C(C)(C)C)CC(OC(=O)C(CCC(=O)OC2CCCC(OC(=O)CCC(C(C)=O)C(=O)OC3CC(OC(=O)C(CCC(=O)OC4CCCCC(OC(=O)CCC(C)(C)C)CCC4)C(C)=O)CCC(OC(=O)C(C(C)=O)C(C)(C)C)C3)CCC2)C(C)=O)C1. The molecule has 0 heterocycles. The molecule has 5 aliphatic rings. The summed E-state index contributed by atoms with van der Waals surface area (Å²) < 4.78 is 71.3. The Hall–Kier alpha value is -8.34. The summed E-state index contributed by atoms with van der Waals surface area (Å²) in [7, 11) is 0. The standard InChI is InChI=1S/C99H154O30/c1-60(100)78(45-51-85(109)122-70-28-20-19-21-29-71(41-40-70)123-87(111)53-55-97(10,11)12)90(112)124-72-38-27-39-73(126-94(116)88(64(5)104)98(13,14)15)57-76(56-72)128-92(114)80(62(3)102)46-49-83(107)119-68-34-25-36-69(37-26-35-68)120-84(108)50-47-81(63(4)103)93(115)129-77-58-74(42-43-75(59-77)127-95(117)89(65(6)105)99(16,17)18)125-91(113)79(61(2)101)44-48-82(106)118-66-30-22-23-31-67(33-24-32-66)121-86(110)52-54-96(7,8)9/h66-81,88-89H,19-59H2,1-18H3. The topological polar surface area (TPSA) is 418 Å². The number of carbonyl (C=O) groups is 18. The zero-order valence-corrected chi connectivity index (χ0v) is 80.6. The maximum absolute atomic E-state index is 14.3. The third kappa shape index (κ3) is 42.8. The van der Waals surface area contributed by atoms with Gasteiger partial charge in [0, 0.05) is 64.2 Å². The van der Waals surface area contributed by atoms with Crippen molar-refractivity contribution in [2.45, 2.75) is 461 Å². The van der Waals surface area contributed by atoms with E-state index in [9.17, 15) is 86.3 Å². The molecule has 0 radical (unpaired) electrons. The van der Waals surface area contributed by atoms with Gasteiger partial charge in [0.25, 0.3) is 0 Å². The van der Waals surface area contributed by atoms with Crippen LogP contribution in [0.25, 0.3) is 0 Å². The number of ether oxygens (including phenoxy) is 12. The van der Waals surface area contributed by atoms with E-state index in [0.29, 0.717) is 128 Å². The first-order valence-electron chi connectivity index (χ1n) is 47.8. The van der Waals surface area contributed by atoms with Gasteiger partial charge in [-0.15, -0.1) is 0 Å². The summed E-state index contributed by atoms with van der Waals surface area (Å²) in [6, 6.07) is 0. The van der Waals surface area contributed by atoms with Gasteiger partial charge in [-0.2, -0.15) is 0 Å². The van der Waals surface area contributed by atoms with Crippen molar-refractivity contribution in [3.63, 3.8) is 0 Å². The first-order valence-corrected chi connectivity index (χ1v) is 47.8. The number of hydrogen-bond acceptors (Lipinski definition) is 30. The van der Waals surface area contributed by atoms with Crippen LogP contribution in [0.2, 0.25) is 0 Å². The molecule has 16 unspecified atom stereocenters. The first-order chi connectivity index (χ1) is 60.3. The molecule has 5 aliphatic carbocycles. The van der Waals surface area contributed by atoms with E-state index in [2.05, 4.69) is 41.5 Å². The molecule has 0 aliphatic heterocycles. The minimum atomic E-state index is -1.48. The summed E-state index contributed by atoms with van der Waals surface area (Å²) >= 11 is 0. The van der Waals surface area contributed by atoms with Gasteiger partial charge >= 0.3 is 71.6 Å². The number of rotatable bonds is 40. The molecule has 0 aromatic heterocycles. The third-order valence-electron chi connectivity index (χ3n) is 25.1. The number of esters is 12. The second-order valence-corrected chi connectivity index (χ2v) is 41.5. The van der Waals surface area contributed by atoms with Crippen LogP contribution in [0.4, 0.5) is 0 Å². The van der Waals surface area contributed by atoms with Crippen molar-refractivity contribution in [1.29, 1.82) is 0 Å². The summed E-state index contributed by atoms with van der Waals surface area (Å²) in [5.41, 5.74) is -1.70. The van der Waals surface area contributed by atoms with Crippen molar-refractivity contribution in [3.8, 4) is 0 Å². The predicted molar refractivity (Wildman–Crippen MR) is 471 cm³/mol. The molecule has 30 heteroatoms. The second-order valence-electron chi connectivity index (χ2n) is 41.5. The van der Waals surface area contributed by atoms with E-state index in [4.69, 9.17) is 56.8 Å². The third-order valence-corrected chi connectivity index (χ3v) is 25.1. The summed E-state index contributed by atoms with van der Waals surface area (Å²) in [5, 5.41) is 0. The Morgan fingerprint density at radius 3 is 0.620 bits per heavy atom. The lowest BCUT2D eigenvalue weighted by atomic mass is 9.78. The van der Waals surface area contributed by atoms with E-state index in [-0.39, 0.29) is 138 Å². The van der Waals surface area contributed by atoms with E-state index in [0.717, 1.165) is 39.0 Å². The van der Waals surface area contributed by atoms with E-state index < -0.39 is 202 Å². The molecule has 129 heavy (non-hydrogen) atoms. The Morgan fingerprint density at radius 1 is 0.209 bits per heavy atom. The number of Topliss-reactive ketones (excluding diaryl/α,β-unsaturated/α-hetero) is 6. The second kappa shape index (κ2) is 54.0. The lowest BCUT2D eigenvalue weighted by Gasteiger charge is -2.33. The van der Waals surface area contributed by atoms with Crippen LogP contribution in [0.5, 0.6) is 0 Å². The molecular weight excluding hydrogens is 1670 g/mol. The lowest BCUT2D eigenvalue weighted by Crippen LogP contribution is -2.40. The van der Waals surface area contributed by atoms with Crippen LogP contribution < -0.4 is 0 Å². The van der Waals surface area contributed by atoms with Gasteiger partial charge in [0.2, 0.25) is 0 Å². The minimum Gasteiger partial charge on any atom is -0.462 e. The molecule has 0 spiro atoms. The zero-order chi connectivity index (χ0) is 96.3. The smallest absolute Gasteiger partial charge is 0.317 e. The van der Waals surface area contributed by atoms with Crippen molar-refractivity contribution in [3.05, 3.63) is 0 Å². The Bertz CT molecular complexity index is 3760. The highest BCUT2D eigenvalue weighted by molar-refractivity contribution is 6.01. The number of hydrogen-bond donors (Lipinski definition) is 0. The maximum Gasteiger partial charge on any atom is 0.317 e. The fourth-order valence-corrected chi connectivity index (χ4v) is 17.9. The van der Waals surface area contributed by atoms with Gasteiger partial charge in [0.15, 0.2) is 0 Å². The Labute approximate surface area is 764 Å². The van der Waals surface area contributed by atoms with Gasteiger partial charge < -0.3 is 56.8 Å². The monoisotopic (exact) mass is 1820 g/mol. The molecule has 730 valence electrons. The van der Waals surface area contributed by atoms with Crippen LogP contribution in [-0.4, -0.2) is 180 Å². The summed E-state index contributed by atoms with van der Waals surface area (Å²) in [4.78, 5) is 242. The fraction of sp³-hybridized carbons (Fsp3) is 0.818. The summed E-state index contributed by atoms with van der Waals surface area (Å²) in [5.74, 6) is -19.8. The average molecular weight is 1820 g/mol. The quantitative estimate of drug-likeness (QED) is 0.0238. The first kappa shape index (κ1) is 111. The molecule has 0 aromatic rings. The van der Waals surface area contributed by atoms with Gasteiger partial charge in [-0.1, -0.05) is 89.5 Å². The van der Waals surface area contributed by atoms with E-state index in [1.54, 1.807) is 41.5 Å². The summed E-state index contributed by atoms with van der Waals surface area (Å²) in [6.07, 6.45) is 2.63. The molecule has 0 aromatic carbocycles. The van der Waals surface area contributed by atoms with Crippen LogP contribution in [0, 0.1) is 57.2 Å². The van der Waals surface area contributed by atoms with Crippen LogP contribution in [0.15, 0.2) is 0 Å². The van der Waals surface area contributed by atoms with E-state index in [1.807, 2.05) is 0 Å². The van der Waals surface area contributed by atoms with Crippen molar-refractivity contribution in [1.82, 2.24) is 0 Å². The van der Waals surface area contributed by atoms with Crippen molar-refractivity contribution in [2.75, 3.05) is 0 Å². The molecule has 0 amide bonds. The van der Waals surface area contributed by atoms with E-state index >= 15 is 0 Å². The summed E-state index contributed by atoms with van der Waals surface area (Å²) in [6.45, 7) is 30.0. The molecule has 5 fully saturated rings. The minimum absolute atomic E-state index is 0.00797. The molecule has 0 bridgehead atoms. The van der Waals surface area contributed by atoms with Crippen molar-refractivity contribution >= 4 is 106 Å². The molecule has 5 rings (SSSR count). The molecule has 16 atom stereocenters. The molecular formula is C99H154O30. The molecule has 30 nitrogen and oxygen atoms in total. The lowest BCUT2D eigenvalue weighted by molar-refractivity contribution is -0.171.